The van der Waals surface area contributed by atoms with E-state index in [1.165, 1.54) is 5.56 Å². The number of rotatable bonds is 15. The summed E-state index contributed by atoms with van der Waals surface area (Å²) in [5.41, 5.74) is 1.75. The van der Waals surface area contributed by atoms with Crippen LogP contribution >= 0.6 is 0 Å². The Labute approximate surface area is 264 Å². The molecule has 1 aromatic rings. The van der Waals surface area contributed by atoms with E-state index in [4.69, 9.17) is 9.47 Å². The van der Waals surface area contributed by atoms with Crippen molar-refractivity contribution in [1.82, 2.24) is 16.0 Å². The molecule has 1 aromatic carbocycles. The van der Waals surface area contributed by atoms with Crippen molar-refractivity contribution in [1.29, 1.82) is 0 Å². The van der Waals surface area contributed by atoms with E-state index in [1.807, 2.05) is 84.9 Å². The Morgan fingerprint density at radius 2 is 1.66 bits per heavy atom. The van der Waals surface area contributed by atoms with Crippen LogP contribution in [-0.4, -0.2) is 54.7 Å². The molecule has 3 unspecified atom stereocenters. The highest BCUT2D eigenvalue weighted by atomic mass is 16.6. The molecule has 44 heavy (non-hydrogen) atoms. The number of carbonyl (C=O) groups is 4. The van der Waals surface area contributed by atoms with Crippen LogP contribution in [0, 0.1) is 11.8 Å². The molecule has 0 saturated carbocycles. The molecule has 2 rings (SSSR count). The lowest BCUT2D eigenvalue weighted by atomic mass is 9.97. The van der Waals surface area contributed by atoms with E-state index in [1.54, 1.807) is 0 Å². The predicted octanol–water partition coefficient (Wildman–Crippen LogP) is 6.03. The monoisotopic (exact) mass is 613 g/mol. The van der Waals surface area contributed by atoms with Gasteiger partial charge in [-0.2, -0.15) is 0 Å². The number of nitrogens with one attached hydrogen (secondary N) is 3. The molecular formula is C35H55N3O6. The van der Waals surface area contributed by atoms with Crippen molar-refractivity contribution in [3.8, 4) is 0 Å². The zero-order valence-corrected chi connectivity index (χ0v) is 28.0. The quantitative estimate of drug-likeness (QED) is 0.164. The van der Waals surface area contributed by atoms with E-state index in [0.29, 0.717) is 6.41 Å². The number of hydrogen-bond donors (Lipinski definition) is 3. The van der Waals surface area contributed by atoms with Crippen molar-refractivity contribution >= 4 is 24.4 Å². The van der Waals surface area contributed by atoms with Crippen molar-refractivity contribution in [2.75, 3.05) is 6.61 Å². The predicted molar refractivity (Wildman–Crippen MR) is 175 cm³/mol. The Balaban J connectivity index is 0.000000457. The van der Waals surface area contributed by atoms with Gasteiger partial charge in [-0.25, -0.2) is 9.59 Å². The van der Waals surface area contributed by atoms with Crippen molar-refractivity contribution in [2.45, 2.75) is 118 Å². The minimum absolute atomic E-state index is 0.0356. The summed E-state index contributed by atoms with van der Waals surface area (Å²) in [5, 5.41) is 8.23. The summed E-state index contributed by atoms with van der Waals surface area (Å²) < 4.78 is 10.7. The molecule has 9 nitrogen and oxygen atoms in total. The van der Waals surface area contributed by atoms with Crippen LogP contribution in [0.5, 0.6) is 0 Å². The highest BCUT2D eigenvalue weighted by molar-refractivity contribution is 5.89. The van der Waals surface area contributed by atoms with Crippen molar-refractivity contribution < 1.29 is 28.7 Å². The molecule has 0 radical (unpaired) electrons. The van der Waals surface area contributed by atoms with Gasteiger partial charge in [-0.05, 0) is 69.4 Å². The normalized spacial score (nSPS) is 15.3. The lowest BCUT2D eigenvalue weighted by molar-refractivity contribution is -0.148. The van der Waals surface area contributed by atoms with Crippen LogP contribution in [0.3, 0.4) is 0 Å². The first kappa shape index (κ1) is 38.4. The number of allylic oxidation sites excluding steroid dienone is 2. The fourth-order valence-electron chi connectivity index (χ4n) is 4.51. The van der Waals surface area contributed by atoms with Crippen LogP contribution in [0.15, 0.2) is 54.1 Å². The third-order valence-electron chi connectivity index (χ3n) is 7.10. The second kappa shape index (κ2) is 20.4. The molecule has 1 aliphatic carbocycles. The maximum absolute atomic E-state index is 12.5. The summed E-state index contributed by atoms with van der Waals surface area (Å²) in [6.07, 6.45) is 11.7. The van der Waals surface area contributed by atoms with E-state index < -0.39 is 23.7 Å². The Morgan fingerprint density at radius 1 is 0.977 bits per heavy atom. The molecule has 0 heterocycles. The highest BCUT2D eigenvalue weighted by Crippen LogP contribution is 2.14. The first-order chi connectivity index (χ1) is 20.8. The minimum atomic E-state index is -0.749. The number of ether oxygens (including phenoxy) is 2. The van der Waals surface area contributed by atoms with Crippen LogP contribution in [-0.2, 0) is 30.3 Å². The number of carbonyl (C=O) groups excluding carboxylic acids is 4. The average molecular weight is 614 g/mol. The largest absolute Gasteiger partial charge is 0.459 e. The summed E-state index contributed by atoms with van der Waals surface area (Å²) in [7, 11) is 0. The van der Waals surface area contributed by atoms with E-state index in [2.05, 4.69) is 35.0 Å². The SMILES string of the molecule is CCCC(Cc1ccccc1)NC(=O)OC(C)(C)C.CC[C@H](C)C(NC=O)C(=O)NC(C(=O)OCC1=CCCC=C1)C(C)C. The van der Waals surface area contributed by atoms with Crippen LogP contribution in [0.25, 0.3) is 0 Å². The lowest BCUT2D eigenvalue weighted by Gasteiger charge is -2.26. The molecule has 0 aliphatic heterocycles. The molecule has 0 aromatic heterocycles. The average Bonchev–Trinajstić information content (AvgIpc) is 2.97. The van der Waals surface area contributed by atoms with Gasteiger partial charge in [0.1, 0.15) is 24.3 Å². The van der Waals surface area contributed by atoms with Crippen LogP contribution < -0.4 is 16.0 Å². The highest BCUT2D eigenvalue weighted by Gasteiger charge is 2.31. The van der Waals surface area contributed by atoms with Gasteiger partial charge >= 0.3 is 12.1 Å². The number of esters is 1. The first-order valence-corrected chi connectivity index (χ1v) is 15.9. The molecule has 0 bridgehead atoms. The summed E-state index contributed by atoms with van der Waals surface area (Å²) in [5.74, 6) is -0.987. The Morgan fingerprint density at radius 3 is 2.18 bits per heavy atom. The standard InChI is InChI=1S/C19H30N2O4.C16H25NO2/c1-5-14(4)17(20-12-22)18(23)21-16(13(2)3)19(24)25-11-15-9-7-6-8-10-15;1-5-9-14(12-13-10-7-6-8-11-13)17-15(18)19-16(2,3)4/h7,9-10,12-14,16-17H,5-6,8,11H2,1-4H3,(H,20,22)(H,21,23);6-8,10-11,14H,5,9,12H2,1-4H3,(H,17,18)/t14-,16?,17?;/m0./s1. The Hall–Kier alpha value is -3.62. The molecule has 9 heteroatoms. The molecule has 0 fully saturated rings. The van der Waals surface area contributed by atoms with Gasteiger partial charge in [-0.3, -0.25) is 9.59 Å². The van der Waals surface area contributed by atoms with E-state index in [9.17, 15) is 19.2 Å². The van der Waals surface area contributed by atoms with E-state index in [0.717, 1.165) is 44.1 Å². The topological polar surface area (TPSA) is 123 Å². The molecule has 0 saturated heterocycles. The number of alkyl carbamates (subject to hydrolysis) is 1. The van der Waals surface area contributed by atoms with Crippen LogP contribution in [0.1, 0.15) is 93.1 Å². The van der Waals surface area contributed by atoms with Gasteiger partial charge in [0, 0.05) is 6.04 Å². The molecular weight excluding hydrogens is 558 g/mol. The zero-order chi connectivity index (χ0) is 33.1. The zero-order valence-electron chi connectivity index (χ0n) is 28.0. The summed E-state index contributed by atoms with van der Waals surface area (Å²) in [6, 6.07) is 8.92. The number of benzene rings is 1. The van der Waals surface area contributed by atoms with Gasteiger partial charge in [-0.15, -0.1) is 0 Å². The van der Waals surface area contributed by atoms with Gasteiger partial charge in [0.25, 0.3) is 0 Å². The smallest absolute Gasteiger partial charge is 0.407 e. The van der Waals surface area contributed by atoms with Gasteiger partial charge in [0.15, 0.2) is 0 Å². The fraction of sp³-hybridized carbons (Fsp3) is 0.600. The molecule has 3 amide bonds. The third kappa shape index (κ3) is 15.7. The second-order valence-electron chi connectivity index (χ2n) is 12.6. The van der Waals surface area contributed by atoms with Crippen molar-refractivity contribution in [3.05, 3.63) is 59.7 Å². The van der Waals surface area contributed by atoms with Crippen LogP contribution in [0.4, 0.5) is 4.79 Å². The van der Waals surface area contributed by atoms with Gasteiger partial charge in [0.2, 0.25) is 12.3 Å². The van der Waals surface area contributed by atoms with Crippen molar-refractivity contribution in [3.63, 3.8) is 0 Å². The maximum Gasteiger partial charge on any atom is 0.407 e. The number of amides is 3. The minimum Gasteiger partial charge on any atom is -0.459 e. The third-order valence-corrected chi connectivity index (χ3v) is 7.10. The van der Waals surface area contributed by atoms with Crippen molar-refractivity contribution in [2.24, 2.45) is 11.8 Å². The first-order valence-electron chi connectivity index (χ1n) is 15.9. The lowest BCUT2D eigenvalue weighted by Crippen LogP contribution is -2.54. The van der Waals surface area contributed by atoms with Gasteiger partial charge < -0.3 is 25.4 Å². The molecule has 3 N–H and O–H groups in total. The summed E-state index contributed by atoms with van der Waals surface area (Å²) in [4.78, 5) is 47.5. The van der Waals surface area contributed by atoms with E-state index in [-0.39, 0.29) is 36.5 Å². The summed E-state index contributed by atoms with van der Waals surface area (Å²) in [6.45, 7) is 15.5. The van der Waals surface area contributed by atoms with Gasteiger partial charge in [0.05, 0.1) is 0 Å². The van der Waals surface area contributed by atoms with Gasteiger partial charge in [-0.1, -0.05) is 96.0 Å². The Kier molecular flexibility index (Phi) is 17.8. The Bertz CT molecular complexity index is 1080. The fourth-order valence-corrected chi connectivity index (χ4v) is 4.51. The maximum atomic E-state index is 12.5. The molecule has 1 aliphatic rings. The number of hydrogen-bond acceptors (Lipinski definition) is 6. The molecule has 4 atom stereocenters. The van der Waals surface area contributed by atoms with Crippen LogP contribution in [0.2, 0.25) is 0 Å². The molecule has 246 valence electrons. The second-order valence-corrected chi connectivity index (χ2v) is 12.6. The summed E-state index contributed by atoms with van der Waals surface area (Å²) >= 11 is 0. The van der Waals surface area contributed by atoms with E-state index >= 15 is 0 Å². The molecule has 0 spiro atoms.